The second-order valence-electron chi connectivity index (χ2n) is 6.48. The van der Waals surface area contributed by atoms with Gasteiger partial charge in [-0.15, -0.1) is 0 Å². The Labute approximate surface area is 174 Å². The Kier molecular flexibility index (Phi) is 6.82. The van der Waals surface area contributed by atoms with Crippen molar-refractivity contribution in [1.82, 2.24) is 0 Å². The first-order chi connectivity index (χ1) is 14.5. The summed E-state index contributed by atoms with van der Waals surface area (Å²) in [6.07, 6.45) is 0.234. The van der Waals surface area contributed by atoms with Gasteiger partial charge < -0.3 is 24.4 Å². The molecule has 0 spiro atoms. The number of hydrogen-bond donors (Lipinski definition) is 1. The lowest BCUT2D eigenvalue weighted by molar-refractivity contribution is -0.140. The molecule has 0 fully saturated rings. The fourth-order valence-electron chi connectivity index (χ4n) is 3.09. The molecule has 2 aromatic carbocycles. The van der Waals surface area contributed by atoms with Crippen LogP contribution in [0.3, 0.4) is 0 Å². The molecule has 1 N–H and O–H groups in total. The second kappa shape index (κ2) is 9.71. The third kappa shape index (κ3) is 4.84. The topological polar surface area (TPSA) is 94.2 Å². The summed E-state index contributed by atoms with van der Waals surface area (Å²) in [4.78, 5) is 38.4. The molecule has 0 saturated carbocycles. The van der Waals surface area contributed by atoms with Crippen LogP contribution in [0.2, 0.25) is 0 Å². The van der Waals surface area contributed by atoms with Gasteiger partial charge in [-0.05, 0) is 23.8 Å². The summed E-state index contributed by atoms with van der Waals surface area (Å²) in [7, 11) is 2.46. The molecule has 8 nitrogen and oxygen atoms in total. The Hall–Kier alpha value is -3.65. The van der Waals surface area contributed by atoms with Gasteiger partial charge in [-0.3, -0.25) is 4.79 Å². The zero-order valence-electron chi connectivity index (χ0n) is 16.7. The Morgan fingerprint density at radius 3 is 2.43 bits per heavy atom. The average Bonchev–Trinajstić information content (AvgIpc) is 2.78. The van der Waals surface area contributed by atoms with Gasteiger partial charge in [0.15, 0.2) is 0 Å². The SMILES string of the molecule is COC(=O)C1=C(C(=O)OC)N(c2cccc(NC(=O)Cc3ccccc3)c2)COC1. The number of benzene rings is 2. The molecule has 0 saturated heterocycles. The van der Waals surface area contributed by atoms with Crippen molar-refractivity contribution in [3.05, 3.63) is 71.4 Å². The highest BCUT2D eigenvalue weighted by Gasteiger charge is 2.32. The molecule has 0 aliphatic carbocycles. The molecular weight excluding hydrogens is 388 g/mol. The normalized spacial score (nSPS) is 13.6. The fraction of sp³-hybridized carbons (Fsp3) is 0.227. The fourth-order valence-corrected chi connectivity index (χ4v) is 3.09. The first kappa shape index (κ1) is 21.1. The summed E-state index contributed by atoms with van der Waals surface area (Å²) >= 11 is 0. The minimum Gasteiger partial charge on any atom is -0.466 e. The van der Waals surface area contributed by atoms with Gasteiger partial charge in [0.1, 0.15) is 12.4 Å². The summed E-state index contributed by atoms with van der Waals surface area (Å²) in [6.45, 7) is -0.0343. The van der Waals surface area contributed by atoms with Crippen LogP contribution in [0.15, 0.2) is 65.9 Å². The van der Waals surface area contributed by atoms with E-state index in [-0.39, 0.29) is 36.9 Å². The molecule has 1 aliphatic rings. The number of rotatable bonds is 6. The van der Waals surface area contributed by atoms with Gasteiger partial charge in [-0.2, -0.15) is 0 Å². The summed E-state index contributed by atoms with van der Waals surface area (Å²) in [5.41, 5.74) is 2.10. The number of esters is 2. The molecule has 156 valence electrons. The van der Waals surface area contributed by atoms with Gasteiger partial charge in [0.05, 0.1) is 32.8 Å². The maximum Gasteiger partial charge on any atom is 0.355 e. The zero-order valence-corrected chi connectivity index (χ0v) is 16.7. The number of nitrogens with one attached hydrogen (secondary N) is 1. The monoisotopic (exact) mass is 410 g/mol. The van der Waals surface area contributed by atoms with Gasteiger partial charge in [-0.25, -0.2) is 9.59 Å². The van der Waals surface area contributed by atoms with Crippen molar-refractivity contribution in [3.63, 3.8) is 0 Å². The van der Waals surface area contributed by atoms with E-state index in [1.807, 2.05) is 30.3 Å². The molecule has 0 atom stereocenters. The largest absolute Gasteiger partial charge is 0.466 e. The van der Waals surface area contributed by atoms with Crippen LogP contribution in [0.4, 0.5) is 11.4 Å². The van der Waals surface area contributed by atoms with Crippen molar-refractivity contribution in [2.75, 3.05) is 37.8 Å². The molecule has 1 aliphatic heterocycles. The lowest BCUT2D eigenvalue weighted by Gasteiger charge is -2.31. The molecule has 1 heterocycles. The number of methoxy groups -OCH3 is 2. The second-order valence-corrected chi connectivity index (χ2v) is 6.48. The van der Waals surface area contributed by atoms with Crippen LogP contribution in [0, 0.1) is 0 Å². The van der Waals surface area contributed by atoms with Gasteiger partial charge in [0.25, 0.3) is 0 Å². The number of ether oxygens (including phenoxy) is 3. The Bertz CT molecular complexity index is 971. The maximum absolute atomic E-state index is 12.4. The van der Waals surface area contributed by atoms with E-state index in [2.05, 4.69) is 5.32 Å². The Morgan fingerprint density at radius 1 is 1.00 bits per heavy atom. The molecule has 0 unspecified atom stereocenters. The van der Waals surface area contributed by atoms with Crippen molar-refractivity contribution in [3.8, 4) is 0 Å². The van der Waals surface area contributed by atoms with Crippen LogP contribution < -0.4 is 10.2 Å². The lowest BCUT2D eigenvalue weighted by Crippen LogP contribution is -2.38. The van der Waals surface area contributed by atoms with E-state index < -0.39 is 11.9 Å². The van der Waals surface area contributed by atoms with E-state index in [1.165, 1.54) is 19.1 Å². The predicted molar refractivity (Wildman–Crippen MR) is 110 cm³/mol. The summed E-state index contributed by atoms with van der Waals surface area (Å²) < 4.78 is 15.1. The molecule has 1 amide bonds. The molecule has 30 heavy (non-hydrogen) atoms. The molecule has 2 aromatic rings. The van der Waals surface area contributed by atoms with Gasteiger partial charge in [-0.1, -0.05) is 36.4 Å². The first-order valence-electron chi connectivity index (χ1n) is 9.22. The molecular formula is C22H22N2O6. The number of amides is 1. The minimum atomic E-state index is -0.683. The van der Waals surface area contributed by atoms with Crippen molar-refractivity contribution in [1.29, 1.82) is 0 Å². The van der Waals surface area contributed by atoms with E-state index in [0.29, 0.717) is 11.4 Å². The van der Waals surface area contributed by atoms with Crippen LogP contribution >= 0.6 is 0 Å². The average molecular weight is 410 g/mol. The van der Waals surface area contributed by atoms with Crippen LogP contribution in [-0.2, 0) is 35.0 Å². The number of carbonyl (C=O) groups excluding carboxylic acids is 3. The van der Waals surface area contributed by atoms with Gasteiger partial charge in [0, 0.05) is 11.4 Å². The predicted octanol–water partition coefficient (Wildman–Crippen LogP) is 2.26. The smallest absolute Gasteiger partial charge is 0.355 e. The molecule has 8 heteroatoms. The quantitative estimate of drug-likeness (QED) is 0.730. The summed E-state index contributed by atoms with van der Waals surface area (Å²) in [6, 6.07) is 16.3. The molecule has 0 bridgehead atoms. The summed E-state index contributed by atoms with van der Waals surface area (Å²) in [5.74, 6) is -1.53. The number of hydrogen-bond acceptors (Lipinski definition) is 7. The number of carbonyl (C=O) groups is 3. The molecule has 3 rings (SSSR count). The van der Waals surface area contributed by atoms with Crippen molar-refractivity contribution >= 4 is 29.2 Å². The first-order valence-corrected chi connectivity index (χ1v) is 9.22. The molecule has 0 aromatic heterocycles. The highest BCUT2D eigenvalue weighted by molar-refractivity contribution is 6.03. The van der Waals surface area contributed by atoms with E-state index >= 15 is 0 Å². The van der Waals surface area contributed by atoms with Crippen LogP contribution in [0.5, 0.6) is 0 Å². The van der Waals surface area contributed by atoms with Crippen LogP contribution in [0.1, 0.15) is 5.56 Å². The Balaban J connectivity index is 1.85. The standard InChI is InChI=1S/C22H22N2O6/c1-28-21(26)18-13-30-14-24(20(18)22(27)29-2)17-10-6-9-16(12-17)23-19(25)11-15-7-4-3-5-8-15/h3-10,12H,11,13-14H2,1-2H3,(H,23,25). The zero-order chi connectivity index (χ0) is 21.5. The lowest BCUT2D eigenvalue weighted by atomic mass is 10.1. The van der Waals surface area contributed by atoms with E-state index in [9.17, 15) is 14.4 Å². The molecule has 0 radical (unpaired) electrons. The summed E-state index contributed by atoms with van der Waals surface area (Å²) in [5, 5.41) is 2.84. The van der Waals surface area contributed by atoms with Crippen LogP contribution in [-0.4, -0.2) is 45.4 Å². The third-order valence-corrected chi connectivity index (χ3v) is 4.48. The highest BCUT2D eigenvalue weighted by atomic mass is 16.5. The minimum absolute atomic E-state index is 0.0341. The van der Waals surface area contributed by atoms with Crippen LogP contribution in [0.25, 0.3) is 0 Å². The number of anilines is 2. The van der Waals surface area contributed by atoms with Crippen molar-refractivity contribution in [2.24, 2.45) is 0 Å². The van der Waals surface area contributed by atoms with Crippen molar-refractivity contribution < 1.29 is 28.6 Å². The van der Waals surface area contributed by atoms with Gasteiger partial charge in [0.2, 0.25) is 5.91 Å². The maximum atomic E-state index is 12.4. The van der Waals surface area contributed by atoms with Crippen molar-refractivity contribution in [2.45, 2.75) is 6.42 Å². The number of nitrogens with zero attached hydrogens (tertiary/aromatic N) is 1. The van der Waals surface area contributed by atoms with Gasteiger partial charge >= 0.3 is 11.9 Å². The third-order valence-electron chi connectivity index (χ3n) is 4.48. The highest BCUT2D eigenvalue weighted by Crippen LogP contribution is 2.28. The Morgan fingerprint density at radius 2 is 1.73 bits per heavy atom. The van der Waals surface area contributed by atoms with E-state index in [0.717, 1.165) is 5.56 Å². The van der Waals surface area contributed by atoms with E-state index in [1.54, 1.807) is 24.3 Å². The van der Waals surface area contributed by atoms with E-state index in [4.69, 9.17) is 14.2 Å².